The summed E-state index contributed by atoms with van der Waals surface area (Å²) < 4.78 is 16.4. The van der Waals surface area contributed by atoms with E-state index in [0.717, 1.165) is 10.9 Å². The van der Waals surface area contributed by atoms with Gasteiger partial charge in [-0.1, -0.05) is 18.2 Å². The molecule has 0 spiro atoms. The molecule has 0 aliphatic rings. The fourth-order valence-corrected chi connectivity index (χ4v) is 4.20. The lowest BCUT2D eigenvalue weighted by atomic mass is 10.00. The van der Waals surface area contributed by atoms with Crippen molar-refractivity contribution in [2.75, 3.05) is 41.0 Å². The normalized spacial score (nSPS) is 12.0. The van der Waals surface area contributed by atoms with Crippen molar-refractivity contribution in [2.45, 2.75) is 32.4 Å². The Morgan fingerprint density at radius 1 is 1.00 bits per heavy atom. The first-order chi connectivity index (χ1) is 18.5. The van der Waals surface area contributed by atoms with Crippen LogP contribution in [0.1, 0.15) is 42.9 Å². The molecule has 0 radical (unpaired) electrons. The highest BCUT2D eigenvalue weighted by Gasteiger charge is 2.37. The van der Waals surface area contributed by atoms with E-state index >= 15 is 0 Å². The van der Waals surface area contributed by atoms with Gasteiger partial charge in [0, 0.05) is 23.0 Å². The van der Waals surface area contributed by atoms with E-state index in [9.17, 15) is 19.5 Å². The number of para-hydroxylation sites is 1. The highest BCUT2D eigenvalue weighted by molar-refractivity contribution is 6.02. The van der Waals surface area contributed by atoms with Crippen LogP contribution in [0.5, 0.6) is 17.2 Å². The summed E-state index contributed by atoms with van der Waals surface area (Å²) in [6.07, 6.45) is 0. The van der Waals surface area contributed by atoms with Gasteiger partial charge < -0.3 is 39.8 Å². The quantitative estimate of drug-likeness (QED) is 0.293. The number of ether oxygens (including phenoxy) is 3. The molecule has 1 atom stereocenters. The lowest BCUT2D eigenvalue weighted by molar-refractivity contribution is -0.129. The number of aliphatic hydroxyl groups is 1. The zero-order chi connectivity index (χ0) is 28.7. The van der Waals surface area contributed by atoms with Gasteiger partial charge in [0.05, 0.1) is 27.9 Å². The summed E-state index contributed by atoms with van der Waals surface area (Å²) in [4.78, 5) is 45.0. The van der Waals surface area contributed by atoms with Crippen molar-refractivity contribution >= 4 is 28.6 Å². The Hall–Kier alpha value is -4.25. The Kier molecular flexibility index (Phi) is 9.42. The molecule has 0 fully saturated rings. The third-order valence-corrected chi connectivity index (χ3v) is 5.83. The number of fused-ring (bicyclic) bond motifs is 1. The Labute approximate surface area is 227 Å². The van der Waals surface area contributed by atoms with E-state index in [2.05, 4.69) is 15.6 Å². The number of methoxy groups -OCH3 is 3. The zero-order valence-electron chi connectivity index (χ0n) is 23.1. The fourth-order valence-electron chi connectivity index (χ4n) is 4.20. The van der Waals surface area contributed by atoms with Gasteiger partial charge in [0.15, 0.2) is 11.5 Å². The van der Waals surface area contributed by atoms with Gasteiger partial charge in [-0.05, 0) is 50.6 Å². The molecule has 3 amide bonds. The van der Waals surface area contributed by atoms with Crippen molar-refractivity contribution in [3.05, 3.63) is 53.7 Å². The van der Waals surface area contributed by atoms with Crippen molar-refractivity contribution in [3.8, 4) is 17.2 Å². The molecule has 0 saturated heterocycles. The monoisotopic (exact) mass is 540 g/mol. The number of aromatic amines is 1. The minimum atomic E-state index is -1.27. The maximum atomic E-state index is 14.0. The third-order valence-electron chi connectivity index (χ3n) is 5.83. The number of amides is 3. The van der Waals surface area contributed by atoms with Crippen LogP contribution in [-0.2, 0) is 9.59 Å². The zero-order valence-corrected chi connectivity index (χ0v) is 23.1. The van der Waals surface area contributed by atoms with Gasteiger partial charge in [0.1, 0.15) is 18.3 Å². The number of aromatic nitrogens is 1. The average molecular weight is 541 g/mol. The number of carbonyl (C=O) groups is 3. The summed E-state index contributed by atoms with van der Waals surface area (Å²) >= 11 is 0. The van der Waals surface area contributed by atoms with Crippen molar-refractivity contribution in [3.63, 3.8) is 0 Å². The van der Waals surface area contributed by atoms with Gasteiger partial charge in [-0.3, -0.25) is 14.4 Å². The van der Waals surface area contributed by atoms with Crippen LogP contribution in [0, 0.1) is 0 Å². The predicted molar refractivity (Wildman–Crippen MR) is 146 cm³/mol. The molecular formula is C28H36N4O7. The van der Waals surface area contributed by atoms with Crippen LogP contribution >= 0.6 is 0 Å². The van der Waals surface area contributed by atoms with E-state index in [0.29, 0.717) is 11.3 Å². The molecule has 4 N–H and O–H groups in total. The van der Waals surface area contributed by atoms with E-state index in [4.69, 9.17) is 14.2 Å². The molecule has 0 saturated carbocycles. The standard InChI is InChI=1S/C28H36N4O7/c1-28(2,3)31-26(35)24(18-14-21(37-4)25(39-6)22(15-18)38-5)32(16-23(34)29-11-12-33)27(36)20-13-17-9-7-8-10-19(17)30-20/h7-10,13-15,24,30,33H,11-12,16H2,1-6H3,(H,29,34)(H,31,35). The largest absolute Gasteiger partial charge is 0.493 e. The number of nitrogens with zero attached hydrogens (tertiary/aromatic N) is 1. The number of carbonyl (C=O) groups excluding carboxylic acids is 3. The average Bonchev–Trinajstić information content (AvgIpc) is 3.33. The third kappa shape index (κ3) is 6.99. The van der Waals surface area contributed by atoms with E-state index in [1.807, 2.05) is 45.0 Å². The van der Waals surface area contributed by atoms with Crippen LogP contribution in [0.3, 0.4) is 0 Å². The Morgan fingerprint density at radius 3 is 2.18 bits per heavy atom. The van der Waals surface area contributed by atoms with Gasteiger partial charge in [-0.2, -0.15) is 0 Å². The summed E-state index contributed by atoms with van der Waals surface area (Å²) in [6.45, 7) is 4.70. The van der Waals surface area contributed by atoms with Crippen molar-refractivity contribution in [1.82, 2.24) is 20.5 Å². The smallest absolute Gasteiger partial charge is 0.271 e. The van der Waals surface area contributed by atoms with Crippen LogP contribution in [-0.4, -0.2) is 79.3 Å². The molecule has 39 heavy (non-hydrogen) atoms. The first kappa shape index (κ1) is 29.3. The molecule has 1 heterocycles. The molecule has 0 aliphatic heterocycles. The first-order valence-electron chi connectivity index (χ1n) is 12.4. The maximum Gasteiger partial charge on any atom is 0.271 e. The lowest BCUT2D eigenvalue weighted by Crippen LogP contribution is -2.51. The van der Waals surface area contributed by atoms with Crippen LogP contribution in [0.2, 0.25) is 0 Å². The summed E-state index contributed by atoms with van der Waals surface area (Å²) in [5.41, 5.74) is 0.622. The summed E-state index contributed by atoms with van der Waals surface area (Å²) in [5, 5.41) is 15.5. The molecule has 2 aromatic carbocycles. The molecule has 1 unspecified atom stereocenters. The van der Waals surface area contributed by atoms with E-state index in [1.165, 1.54) is 26.2 Å². The number of hydrogen-bond donors (Lipinski definition) is 4. The van der Waals surface area contributed by atoms with Gasteiger partial charge >= 0.3 is 0 Å². The molecule has 11 nitrogen and oxygen atoms in total. The molecule has 3 rings (SSSR count). The first-order valence-corrected chi connectivity index (χ1v) is 12.4. The predicted octanol–water partition coefficient (Wildman–Crippen LogP) is 2.40. The minimum absolute atomic E-state index is 0.00368. The number of rotatable bonds is 11. The Bertz CT molecular complexity index is 1270. The van der Waals surface area contributed by atoms with E-state index < -0.39 is 35.8 Å². The van der Waals surface area contributed by atoms with Crippen LogP contribution in [0.4, 0.5) is 0 Å². The second kappa shape index (κ2) is 12.5. The molecule has 210 valence electrons. The molecule has 3 aromatic rings. The molecular weight excluding hydrogens is 504 g/mol. The molecule has 11 heteroatoms. The number of benzene rings is 2. The van der Waals surface area contributed by atoms with Crippen LogP contribution < -0.4 is 24.8 Å². The molecule has 0 aliphatic carbocycles. The summed E-state index contributed by atoms with van der Waals surface area (Å²) in [7, 11) is 4.35. The van der Waals surface area contributed by atoms with Gasteiger partial charge in [-0.25, -0.2) is 0 Å². The highest BCUT2D eigenvalue weighted by atomic mass is 16.5. The van der Waals surface area contributed by atoms with E-state index in [1.54, 1.807) is 18.2 Å². The van der Waals surface area contributed by atoms with Crippen molar-refractivity contribution < 1.29 is 33.7 Å². The highest BCUT2D eigenvalue weighted by Crippen LogP contribution is 2.41. The minimum Gasteiger partial charge on any atom is -0.493 e. The fraction of sp³-hybridized carbons (Fsp3) is 0.393. The number of hydrogen-bond acceptors (Lipinski definition) is 7. The van der Waals surface area contributed by atoms with Gasteiger partial charge in [0.25, 0.3) is 5.91 Å². The maximum absolute atomic E-state index is 14.0. The summed E-state index contributed by atoms with van der Waals surface area (Å²) in [6, 6.07) is 10.9. The van der Waals surface area contributed by atoms with Crippen LogP contribution in [0.15, 0.2) is 42.5 Å². The van der Waals surface area contributed by atoms with Crippen molar-refractivity contribution in [2.24, 2.45) is 0 Å². The van der Waals surface area contributed by atoms with E-state index in [-0.39, 0.29) is 30.3 Å². The number of nitrogens with one attached hydrogen (secondary N) is 3. The van der Waals surface area contributed by atoms with Gasteiger partial charge in [0.2, 0.25) is 17.6 Å². The number of H-pyrrole nitrogens is 1. The molecule has 0 bridgehead atoms. The van der Waals surface area contributed by atoms with Gasteiger partial charge in [-0.15, -0.1) is 0 Å². The Balaban J connectivity index is 2.21. The number of aliphatic hydroxyl groups excluding tert-OH is 1. The molecule has 1 aromatic heterocycles. The SMILES string of the molecule is COc1cc(C(C(=O)NC(C)(C)C)N(CC(=O)NCCO)C(=O)c2cc3ccccc3[nH]2)cc(OC)c1OC. The summed E-state index contributed by atoms with van der Waals surface area (Å²) in [5.74, 6) is -0.766. The second-order valence-electron chi connectivity index (χ2n) is 9.88. The lowest BCUT2D eigenvalue weighted by Gasteiger charge is -2.33. The Morgan fingerprint density at radius 2 is 1.64 bits per heavy atom. The van der Waals surface area contributed by atoms with Crippen LogP contribution in [0.25, 0.3) is 10.9 Å². The van der Waals surface area contributed by atoms with Crippen molar-refractivity contribution in [1.29, 1.82) is 0 Å². The topological polar surface area (TPSA) is 142 Å². The second-order valence-corrected chi connectivity index (χ2v) is 9.88.